The van der Waals surface area contributed by atoms with Gasteiger partial charge in [-0.2, -0.15) is 5.10 Å². The highest BCUT2D eigenvalue weighted by molar-refractivity contribution is 8.00. The molecule has 0 unspecified atom stereocenters. The molecule has 17 nitrogen and oxygen atoms in total. The summed E-state index contributed by atoms with van der Waals surface area (Å²) < 4.78 is 41.4. The number of ether oxygens (including phenoxy) is 1. The maximum Gasteiger partial charge on any atom is 0.226 e. The summed E-state index contributed by atoms with van der Waals surface area (Å²) in [5.41, 5.74) is 8.36. The van der Waals surface area contributed by atoms with Crippen molar-refractivity contribution in [1.82, 2.24) is 40.2 Å². The molecule has 16 rings (SSSR count). The highest BCUT2D eigenvalue weighted by Gasteiger charge is 2.17. The fraction of sp³-hybridized carbons (Fsp3) is 0.255. The summed E-state index contributed by atoms with van der Waals surface area (Å²) in [6.07, 6.45) is 13.8. The second-order valence-electron chi connectivity index (χ2n) is 29.2. The fourth-order valence-electron chi connectivity index (χ4n) is 10.3. The van der Waals surface area contributed by atoms with Crippen molar-refractivity contribution in [3.8, 4) is 0 Å². The number of hydrogen-bond donors (Lipinski definition) is 2. The van der Waals surface area contributed by atoms with Crippen LogP contribution in [0.3, 0.4) is 0 Å². The highest BCUT2D eigenvalue weighted by atomic mass is 32.2. The number of thioether (sulfide) groups is 2. The van der Waals surface area contributed by atoms with Crippen molar-refractivity contribution in [3.63, 3.8) is 0 Å². The van der Waals surface area contributed by atoms with Crippen molar-refractivity contribution in [2.45, 2.75) is 133 Å². The van der Waals surface area contributed by atoms with Crippen LogP contribution < -0.4 is 10.6 Å². The Kier molecular flexibility index (Phi) is 45.0. The molecule has 0 aliphatic heterocycles. The van der Waals surface area contributed by atoms with Crippen molar-refractivity contribution in [2.24, 2.45) is 7.05 Å². The van der Waals surface area contributed by atoms with Gasteiger partial charge in [-0.1, -0.05) is 74.0 Å². The SMILES string of the molecule is Cc1ccc(C(=O)CNCc2ccccn2)s1.Cc1ccc(C(=O)CNc2ccno2)s1.Cc1ccc(C(=O)COCc2ccnn2C)s1.Cc1ccc(C(=O)CSCc2cccnc2)s1.Cc1ccc(C(=O)CSc2ccnc3occc23)s1.Cc1ccc(C(C)(C)C)s1.Cc1ccc(C)nc1.Cc1ccc(C)s1.Cc1ccc(F)cc1.Cc1cccc(F)c1. The molecule has 0 radical (unpaired) electrons. The molecule has 0 fully saturated rings. The number of fused-ring (bicyclic) bond motifs is 1. The average molecular weight is 1870 g/mol. The highest BCUT2D eigenvalue weighted by Crippen LogP contribution is 2.31. The van der Waals surface area contributed by atoms with Crippen LogP contribution in [-0.2, 0) is 36.1 Å². The van der Waals surface area contributed by atoms with E-state index in [-0.39, 0.29) is 53.7 Å². The monoisotopic (exact) mass is 1860 g/mol. The number of ketones is 5. The van der Waals surface area contributed by atoms with E-state index in [1.807, 2.05) is 226 Å². The number of Topliss-reactive ketones (excluding diaryl/α,β-unsaturated/α-hetero) is 5. The van der Waals surface area contributed by atoms with Gasteiger partial charge < -0.3 is 24.3 Å². The number of rotatable bonds is 23. The summed E-state index contributed by atoms with van der Waals surface area (Å²) in [7, 11) is 1.85. The molecule has 0 aliphatic rings. The number of pyridine rings is 4. The van der Waals surface area contributed by atoms with Gasteiger partial charge in [0, 0.05) is 117 Å². The van der Waals surface area contributed by atoms with Crippen LogP contribution in [-0.4, -0.2) is 95.0 Å². The summed E-state index contributed by atoms with van der Waals surface area (Å²) in [5, 5.41) is 14.5. The molecule has 16 aromatic rings. The average Bonchev–Trinajstić information content (AvgIpc) is 1.69. The summed E-state index contributed by atoms with van der Waals surface area (Å²) in [5.74, 6) is 2.60. The molecule has 0 saturated carbocycles. The maximum absolute atomic E-state index is 12.2. The van der Waals surface area contributed by atoms with Crippen LogP contribution >= 0.6 is 103 Å². The Morgan fingerprint density at radius 3 is 1.51 bits per heavy atom. The van der Waals surface area contributed by atoms with E-state index in [1.54, 1.807) is 94.4 Å². The number of benzene rings is 2. The van der Waals surface area contributed by atoms with E-state index < -0.39 is 0 Å². The van der Waals surface area contributed by atoms with Gasteiger partial charge in [-0.15, -0.1) is 103 Å². The molecule has 28 heteroatoms. The number of halogens is 2. The van der Waals surface area contributed by atoms with Crippen LogP contribution in [0.4, 0.5) is 14.7 Å². The zero-order valence-corrected chi connectivity index (χ0v) is 81.0. The Morgan fingerprint density at radius 1 is 0.476 bits per heavy atom. The first-order valence-corrected chi connectivity index (χ1v) is 47.8. The third kappa shape index (κ3) is 40.0. The number of anilines is 1. The predicted molar refractivity (Wildman–Crippen MR) is 523 cm³/mol. The van der Waals surface area contributed by atoms with Gasteiger partial charge in [0.2, 0.25) is 11.6 Å². The smallest absolute Gasteiger partial charge is 0.226 e. The third-order valence-corrected chi connectivity index (χ3v) is 26.6. The molecule has 0 saturated heterocycles. The van der Waals surface area contributed by atoms with Crippen LogP contribution in [0.15, 0.2) is 264 Å². The summed E-state index contributed by atoms with van der Waals surface area (Å²) in [6, 6.07) is 61.9. The van der Waals surface area contributed by atoms with Crippen molar-refractivity contribution in [1.29, 1.82) is 0 Å². The quantitative estimate of drug-likeness (QED) is 0.0448. The molecule has 2 N–H and O–H groups in total. The number of aryl methyl sites for hydroxylation is 13. The van der Waals surface area contributed by atoms with Crippen LogP contribution in [0.25, 0.3) is 11.1 Å². The van der Waals surface area contributed by atoms with Gasteiger partial charge >= 0.3 is 0 Å². The molecule has 0 amide bonds. The largest absolute Gasteiger partial charge is 0.446 e. The molecule has 126 heavy (non-hydrogen) atoms. The van der Waals surface area contributed by atoms with Crippen molar-refractivity contribution in [3.05, 3.63) is 369 Å². The number of aromatic nitrogens is 7. The molecule has 0 bridgehead atoms. The molecule has 0 atom stereocenters. The van der Waals surface area contributed by atoms with Gasteiger partial charge in [0.1, 0.15) is 18.2 Å². The van der Waals surface area contributed by atoms with Gasteiger partial charge in [0.05, 0.1) is 84.8 Å². The van der Waals surface area contributed by atoms with Gasteiger partial charge in [-0.3, -0.25) is 43.6 Å². The maximum atomic E-state index is 12.2. The molecular weight excluding hydrogens is 1760 g/mol. The summed E-state index contributed by atoms with van der Waals surface area (Å²) >= 11 is 14.5. The van der Waals surface area contributed by atoms with E-state index in [1.165, 1.54) is 106 Å². The lowest BCUT2D eigenvalue weighted by molar-refractivity contribution is 0.0718. The van der Waals surface area contributed by atoms with Gasteiger partial charge in [0.15, 0.2) is 28.9 Å². The van der Waals surface area contributed by atoms with Gasteiger partial charge in [-0.05, 0) is 257 Å². The zero-order valence-electron chi connectivity index (χ0n) is 73.7. The number of hydrogen-bond acceptors (Lipinski definition) is 25. The van der Waals surface area contributed by atoms with Crippen molar-refractivity contribution < 1.29 is 46.4 Å². The lowest BCUT2D eigenvalue weighted by Crippen LogP contribution is -2.22. The Labute approximate surface area is 774 Å². The van der Waals surface area contributed by atoms with Crippen LogP contribution in [0, 0.1) is 94.7 Å². The molecule has 660 valence electrons. The topological polar surface area (TPSA) is 227 Å². The van der Waals surface area contributed by atoms with Crippen molar-refractivity contribution >= 4 is 149 Å². The van der Waals surface area contributed by atoms with E-state index in [9.17, 15) is 32.8 Å². The molecule has 14 aromatic heterocycles. The first-order chi connectivity index (χ1) is 60.3. The second-order valence-corrected chi connectivity index (χ2v) is 40.5. The number of carbonyl (C=O) groups excluding carboxylic acids is 5. The van der Waals surface area contributed by atoms with Crippen LogP contribution in [0.5, 0.6) is 0 Å². The first-order valence-electron chi connectivity index (χ1n) is 40.0. The molecule has 0 spiro atoms. The standard InChI is InChI=1S/C14H11NO2S2.C13H14N2OS.C13H13NOS2.C12H14N2O2S.C10H10N2O2S.C9H14S.2C7H7F.C7H9N.C6H8S/c1-9-2-3-13(19-9)11(16)8-18-12-4-6-15-14-10(12)5-7-17-14;1-10-5-6-13(17-10)12(16)9-14-8-11-4-2-3-7-15-11;1-10-4-5-13(17-10)12(15)9-16-8-11-3-2-6-14-7-11;1-9-3-4-12(17-9)11(15)8-16-7-10-5-6-13-14(10)2;1-7-2-3-9(15-7)8(13)6-11-10-4-5-12-14-10;1-7-5-6-8(10-7)9(2,3)4;1-6-2-4-7(8)5-3-6;1-6-3-2-4-7(8)5-6;1-6-3-4-7(2)8-5-6;1-5-3-4-6(2)7-5/h2-7H,8H2,1H3;2-7,14H,8-9H2,1H3;2-7H,8-9H2,1H3;3-6H,7-8H2,1-2H3;2-5,11H,6H2,1H3;5-6H,1-4H3;2*2-5H,1H3;3-5H,1-2H3;3-4H,1-2H3. The Hall–Kier alpha value is -10.5. The molecule has 14 heterocycles. The van der Waals surface area contributed by atoms with Gasteiger partial charge in [0.25, 0.3) is 0 Å². The van der Waals surface area contributed by atoms with Crippen LogP contribution in [0.2, 0.25) is 0 Å². The minimum Gasteiger partial charge on any atom is -0.446 e. The minimum absolute atomic E-state index is 0.0327. The first kappa shape index (κ1) is 103. The Balaban J connectivity index is 0.000000195. The predicted octanol–water partition coefficient (Wildman–Crippen LogP) is 26.4. The lowest BCUT2D eigenvalue weighted by Gasteiger charge is -2.14. The summed E-state index contributed by atoms with van der Waals surface area (Å²) in [4.78, 5) is 92.0. The number of nitrogens with zero attached hydrogens (tertiary/aromatic N) is 7. The molecule has 0 aliphatic carbocycles. The molecular formula is C98H107F2N9O8S9. The minimum atomic E-state index is -0.171. The number of furan rings is 1. The number of thiophene rings is 7. The zero-order chi connectivity index (χ0) is 91.3. The Morgan fingerprint density at radius 2 is 1.05 bits per heavy atom. The van der Waals surface area contributed by atoms with E-state index in [0.29, 0.717) is 48.2 Å². The second kappa shape index (κ2) is 55.2. The van der Waals surface area contributed by atoms with E-state index >= 15 is 0 Å². The lowest BCUT2D eigenvalue weighted by atomic mass is 9.95. The number of nitrogens with one attached hydrogen (secondary N) is 2. The Bertz CT molecular complexity index is 5650. The fourth-order valence-corrected chi connectivity index (χ4v) is 18.0. The van der Waals surface area contributed by atoms with E-state index in [0.717, 1.165) is 93.7 Å². The van der Waals surface area contributed by atoms with E-state index in [4.69, 9.17) is 13.7 Å². The number of carbonyl (C=O) groups is 5. The van der Waals surface area contributed by atoms with E-state index in [2.05, 4.69) is 113 Å². The molecule has 2 aromatic carbocycles. The van der Waals surface area contributed by atoms with Crippen LogP contribution in [0.1, 0.15) is 152 Å². The summed E-state index contributed by atoms with van der Waals surface area (Å²) in [6.45, 7) is 32.7. The normalized spacial score (nSPS) is 10.4. The van der Waals surface area contributed by atoms with Gasteiger partial charge in [-0.25, -0.2) is 13.8 Å². The van der Waals surface area contributed by atoms with Crippen molar-refractivity contribution in [2.75, 3.05) is 36.5 Å². The third-order valence-electron chi connectivity index (χ3n) is 17.0.